The molecule has 0 saturated heterocycles. The summed E-state index contributed by atoms with van der Waals surface area (Å²) in [6, 6.07) is 17.3. The summed E-state index contributed by atoms with van der Waals surface area (Å²) in [5, 5.41) is 20.6. The van der Waals surface area contributed by atoms with Crippen LogP contribution in [0.5, 0.6) is 11.5 Å². The number of ether oxygens (including phenoxy) is 1. The molecule has 0 amide bonds. The molecule has 0 radical (unpaired) electrons. The highest BCUT2D eigenvalue weighted by Gasteiger charge is 2.18. The maximum absolute atomic E-state index is 10.9. The Morgan fingerprint density at radius 2 is 1.11 bits per heavy atom. The molecule has 0 aliphatic heterocycles. The smallest absolute Gasteiger partial charge is 0.167 e. The highest BCUT2D eigenvalue weighted by atomic mass is 16.5. The van der Waals surface area contributed by atoms with Crippen LogP contribution in [-0.4, -0.2) is 37.4 Å². The normalized spacial score (nSPS) is 12.9. The standard InChI is InChI=1S/C29H31N3O3/c1-16-7-10-23(18(3)13-16)27-30-28(24-11-8-17(2)14-19(24)4)32-29(31-27)25-12-9-22(15-26(25)34)35-21(6)20(5)33/h7-15,20-21,33-34H,1-6H3. The molecule has 6 heteroatoms. The van der Waals surface area contributed by atoms with E-state index in [-0.39, 0.29) is 5.75 Å². The summed E-state index contributed by atoms with van der Waals surface area (Å²) in [5.74, 6) is 1.91. The monoisotopic (exact) mass is 469 g/mol. The van der Waals surface area contributed by atoms with E-state index in [1.807, 2.05) is 38.1 Å². The molecule has 3 aromatic carbocycles. The number of hydrogen-bond acceptors (Lipinski definition) is 6. The zero-order valence-electron chi connectivity index (χ0n) is 21.0. The van der Waals surface area contributed by atoms with E-state index in [0.29, 0.717) is 28.8 Å². The van der Waals surface area contributed by atoms with Crippen molar-refractivity contribution in [1.82, 2.24) is 15.0 Å². The summed E-state index contributed by atoms with van der Waals surface area (Å²) in [4.78, 5) is 14.3. The molecule has 1 heterocycles. The first-order chi connectivity index (χ1) is 16.6. The summed E-state index contributed by atoms with van der Waals surface area (Å²) in [6.07, 6.45) is -1.05. The van der Waals surface area contributed by atoms with E-state index in [1.165, 1.54) is 6.07 Å². The number of phenols is 1. The van der Waals surface area contributed by atoms with Crippen molar-refractivity contribution in [2.75, 3.05) is 0 Å². The summed E-state index contributed by atoms with van der Waals surface area (Å²) >= 11 is 0. The molecular weight excluding hydrogens is 438 g/mol. The van der Waals surface area contributed by atoms with Gasteiger partial charge in [0.05, 0.1) is 11.7 Å². The minimum atomic E-state index is -0.638. The summed E-state index contributed by atoms with van der Waals surface area (Å²) in [6.45, 7) is 11.6. The van der Waals surface area contributed by atoms with Crippen LogP contribution < -0.4 is 4.74 Å². The van der Waals surface area contributed by atoms with Crippen molar-refractivity contribution in [3.05, 3.63) is 76.9 Å². The van der Waals surface area contributed by atoms with Crippen LogP contribution in [0.15, 0.2) is 54.6 Å². The lowest BCUT2D eigenvalue weighted by molar-refractivity contribution is 0.0603. The third-order valence-corrected chi connectivity index (χ3v) is 6.09. The number of phenolic OH excluding ortho intramolecular Hbond substituents is 1. The molecule has 0 bridgehead atoms. The van der Waals surface area contributed by atoms with Crippen LogP contribution >= 0.6 is 0 Å². The molecule has 0 aliphatic carbocycles. The van der Waals surface area contributed by atoms with Gasteiger partial charge in [0.1, 0.15) is 17.6 Å². The first-order valence-corrected chi connectivity index (χ1v) is 11.7. The molecule has 2 N–H and O–H groups in total. The molecule has 6 nitrogen and oxygen atoms in total. The molecule has 0 spiro atoms. The second kappa shape index (κ2) is 9.84. The Hall–Kier alpha value is -3.77. The third-order valence-electron chi connectivity index (χ3n) is 6.09. The van der Waals surface area contributed by atoms with Crippen LogP contribution in [-0.2, 0) is 0 Å². The quantitative estimate of drug-likeness (QED) is 0.362. The van der Waals surface area contributed by atoms with E-state index in [9.17, 15) is 10.2 Å². The van der Waals surface area contributed by atoms with Gasteiger partial charge in [-0.2, -0.15) is 0 Å². The highest BCUT2D eigenvalue weighted by molar-refractivity contribution is 5.72. The molecule has 0 fully saturated rings. The zero-order valence-corrected chi connectivity index (χ0v) is 21.0. The predicted molar refractivity (Wildman–Crippen MR) is 139 cm³/mol. The van der Waals surface area contributed by atoms with Crippen molar-refractivity contribution in [3.63, 3.8) is 0 Å². The number of aliphatic hydroxyl groups is 1. The van der Waals surface area contributed by atoms with Crippen LogP contribution in [0, 0.1) is 27.7 Å². The number of hydrogen-bond donors (Lipinski definition) is 2. The Morgan fingerprint density at radius 1 is 0.657 bits per heavy atom. The number of aromatic nitrogens is 3. The number of benzene rings is 3. The van der Waals surface area contributed by atoms with Gasteiger partial charge in [-0.15, -0.1) is 0 Å². The van der Waals surface area contributed by atoms with Gasteiger partial charge in [0.25, 0.3) is 0 Å². The molecule has 2 atom stereocenters. The van der Waals surface area contributed by atoms with E-state index in [2.05, 4.69) is 26.0 Å². The molecule has 4 rings (SSSR count). The fourth-order valence-electron chi connectivity index (χ4n) is 3.95. The van der Waals surface area contributed by atoms with E-state index < -0.39 is 12.2 Å². The van der Waals surface area contributed by atoms with Crippen LogP contribution in [0.1, 0.15) is 36.1 Å². The van der Waals surface area contributed by atoms with Crippen molar-refractivity contribution in [2.24, 2.45) is 0 Å². The van der Waals surface area contributed by atoms with Gasteiger partial charge in [0.2, 0.25) is 0 Å². The van der Waals surface area contributed by atoms with Gasteiger partial charge >= 0.3 is 0 Å². The summed E-state index contributed by atoms with van der Waals surface area (Å²) < 4.78 is 5.72. The number of nitrogens with zero attached hydrogens (tertiary/aromatic N) is 3. The Bertz CT molecular complexity index is 1310. The van der Waals surface area contributed by atoms with Crippen LogP contribution in [0.25, 0.3) is 34.2 Å². The van der Waals surface area contributed by atoms with E-state index in [4.69, 9.17) is 19.7 Å². The Labute approximate surface area is 206 Å². The number of aryl methyl sites for hydroxylation is 4. The maximum Gasteiger partial charge on any atom is 0.167 e. The van der Waals surface area contributed by atoms with E-state index in [0.717, 1.165) is 33.4 Å². The van der Waals surface area contributed by atoms with Crippen molar-refractivity contribution >= 4 is 0 Å². The fourth-order valence-corrected chi connectivity index (χ4v) is 3.95. The fraction of sp³-hybridized carbons (Fsp3) is 0.276. The minimum Gasteiger partial charge on any atom is -0.507 e. The Morgan fingerprint density at radius 3 is 1.54 bits per heavy atom. The average Bonchev–Trinajstić information content (AvgIpc) is 2.78. The van der Waals surface area contributed by atoms with Crippen molar-refractivity contribution in [1.29, 1.82) is 0 Å². The van der Waals surface area contributed by atoms with Crippen LogP contribution in [0.4, 0.5) is 0 Å². The van der Waals surface area contributed by atoms with Crippen molar-refractivity contribution in [2.45, 2.75) is 53.8 Å². The lowest BCUT2D eigenvalue weighted by Gasteiger charge is -2.18. The second-order valence-corrected chi connectivity index (χ2v) is 9.19. The summed E-state index contributed by atoms with van der Waals surface area (Å²) in [7, 11) is 0. The number of aromatic hydroxyl groups is 1. The van der Waals surface area contributed by atoms with Gasteiger partial charge in [0.15, 0.2) is 17.5 Å². The van der Waals surface area contributed by atoms with E-state index >= 15 is 0 Å². The molecule has 180 valence electrons. The molecule has 2 unspecified atom stereocenters. The topological polar surface area (TPSA) is 88.4 Å². The molecule has 0 saturated carbocycles. The molecule has 1 aromatic heterocycles. The van der Waals surface area contributed by atoms with Gasteiger partial charge in [-0.05, 0) is 64.8 Å². The largest absolute Gasteiger partial charge is 0.507 e. The second-order valence-electron chi connectivity index (χ2n) is 9.19. The first kappa shape index (κ1) is 24.4. The predicted octanol–water partition coefficient (Wildman–Crippen LogP) is 5.96. The van der Waals surface area contributed by atoms with E-state index in [1.54, 1.807) is 26.0 Å². The summed E-state index contributed by atoms with van der Waals surface area (Å²) in [5.41, 5.74) is 6.75. The molecule has 0 aliphatic rings. The van der Waals surface area contributed by atoms with Gasteiger partial charge < -0.3 is 14.9 Å². The third kappa shape index (κ3) is 5.33. The Kier molecular flexibility index (Phi) is 6.85. The van der Waals surface area contributed by atoms with Gasteiger partial charge in [-0.1, -0.05) is 47.5 Å². The highest BCUT2D eigenvalue weighted by Crippen LogP contribution is 2.34. The maximum atomic E-state index is 10.9. The van der Waals surface area contributed by atoms with Gasteiger partial charge in [-0.25, -0.2) is 15.0 Å². The molecular formula is C29H31N3O3. The number of rotatable bonds is 6. The van der Waals surface area contributed by atoms with Gasteiger partial charge in [0, 0.05) is 17.2 Å². The van der Waals surface area contributed by atoms with Gasteiger partial charge in [-0.3, -0.25) is 0 Å². The van der Waals surface area contributed by atoms with Crippen LogP contribution in [0.2, 0.25) is 0 Å². The first-order valence-electron chi connectivity index (χ1n) is 11.7. The van der Waals surface area contributed by atoms with Crippen molar-refractivity contribution < 1.29 is 14.9 Å². The SMILES string of the molecule is Cc1ccc(-c2nc(-c3ccc(C)cc3C)nc(-c3ccc(OC(C)C(C)O)cc3O)n2)c(C)c1. The van der Waals surface area contributed by atoms with Crippen molar-refractivity contribution in [3.8, 4) is 45.7 Å². The average molecular weight is 470 g/mol. The molecule has 4 aromatic rings. The lowest BCUT2D eigenvalue weighted by atomic mass is 10.0. The minimum absolute atomic E-state index is 0.00958. The molecule has 35 heavy (non-hydrogen) atoms. The zero-order chi connectivity index (χ0) is 25.3. The number of aliphatic hydroxyl groups excluding tert-OH is 1. The Balaban J connectivity index is 1.86. The van der Waals surface area contributed by atoms with Crippen LogP contribution in [0.3, 0.4) is 0 Å². The lowest BCUT2D eigenvalue weighted by Crippen LogP contribution is -2.25.